The number of anilines is 1. The molecule has 0 saturated carbocycles. The van der Waals surface area contributed by atoms with Gasteiger partial charge in [0.05, 0.1) is 0 Å². The van der Waals surface area contributed by atoms with E-state index >= 15 is 0 Å². The van der Waals surface area contributed by atoms with E-state index < -0.39 is 5.91 Å². The van der Waals surface area contributed by atoms with Crippen molar-refractivity contribution in [1.29, 1.82) is 0 Å². The van der Waals surface area contributed by atoms with E-state index in [9.17, 15) is 14.0 Å². The fraction of sp³-hybridized carbons (Fsp3) is 0.375. The molecule has 0 atom stereocenters. The molecule has 2 aromatic rings. The first-order chi connectivity index (χ1) is 12.1. The van der Waals surface area contributed by atoms with Gasteiger partial charge >= 0.3 is 0 Å². The molecule has 1 aromatic heterocycles. The minimum Gasteiger partial charge on any atom is -0.364 e. The van der Waals surface area contributed by atoms with E-state index in [1.54, 1.807) is 0 Å². The van der Waals surface area contributed by atoms with E-state index in [0.717, 1.165) is 24.2 Å². The molecule has 2 N–H and O–H groups in total. The monoisotopic (exact) mass is 366 g/mol. The van der Waals surface area contributed by atoms with Gasteiger partial charge in [-0.2, -0.15) is 0 Å². The Balaban J connectivity index is 1.76. The topological polar surface area (TPSA) is 93.2 Å². The van der Waals surface area contributed by atoms with Crippen LogP contribution in [-0.2, 0) is 16.1 Å². The fourth-order valence-corrected chi connectivity index (χ4v) is 2.48. The van der Waals surface area contributed by atoms with Gasteiger partial charge in [-0.05, 0) is 30.7 Å². The average Bonchev–Trinajstić information content (AvgIpc) is 3.06. The number of nitrogens with zero attached hydrogens (tertiary/aromatic N) is 2. The van der Waals surface area contributed by atoms with Crippen LogP contribution in [0.15, 0.2) is 24.3 Å². The molecule has 1 heterocycles. The van der Waals surface area contributed by atoms with Gasteiger partial charge in [0.15, 0.2) is 0 Å². The predicted molar refractivity (Wildman–Crippen MR) is 91.8 cm³/mol. The molecule has 0 fully saturated rings. The number of aromatic nitrogens is 2. The highest BCUT2D eigenvalue weighted by Gasteiger charge is 2.13. The van der Waals surface area contributed by atoms with Crippen molar-refractivity contribution in [2.45, 2.75) is 26.4 Å². The molecule has 2 rings (SSSR count). The number of benzene rings is 1. The molecule has 0 unspecified atom stereocenters. The van der Waals surface area contributed by atoms with Crippen molar-refractivity contribution < 1.29 is 18.7 Å². The Labute approximate surface area is 148 Å². The van der Waals surface area contributed by atoms with Crippen molar-refractivity contribution in [3.63, 3.8) is 0 Å². The lowest BCUT2D eigenvalue weighted by molar-refractivity contribution is -0.126. The highest BCUT2D eigenvalue weighted by molar-refractivity contribution is 7.13. The van der Waals surface area contributed by atoms with E-state index in [0.29, 0.717) is 17.2 Å². The second kappa shape index (κ2) is 9.80. The molecule has 0 radical (unpaired) electrons. The van der Waals surface area contributed by atoms with Crippen LogP contribution < -0.4 is 10.6 Å². The standard InChI is InChI=1S/C16H19FN4O3S/c1-2-3-8-18-13(22)9-24-10-14-20-21-16(25-14)15(23)19-12-6-4-11(17)5-7-12/h4-7H,2-3,8-10H2,1H3,(H,18,22)(H,19,23). The van der Waals surface area contributed by atoms with Crippen molar-refractivity contribution in [3.05, 3.63) is 40.1 Å². The van der Waals surface area contributed by atoms with Gasteiger partial charge in [-0.15, -0.1) is 10.2 Å². The lowest BCUT2D eigenvalue weighted by Gasteiger charge is -2.04. The van der Waals surface area contributed by atoms with E-state index in [1.165, 1.54) is 24.3 Å². The van der Waals surface area contributed by atoms with Crippen LogP contribution >= 0.6 is 11.3 Å². The number of rotatable bonds is 9. The molecule has 0 saturated heterocycles. The predicted octanol–water partition coefficient (Wildman–Crippen LogP) is 2.36. The molecule has 2 amide bonds. The Morgan fingerprint density at radius 3 is 2.72 bits per heavy atom. The van der Waals surface area contributed by atoms with E-state index in [2.05, 4.69) is 20.8 Å². The summed E-state index contributed by atoms with van der Waals surface area (Å²) in [6.45, 7) is 2.70. The Hall–Kier alpha value is -2.39. The Morgan fingerprint density at radius 1 is 1.24 bits per heavy atom. The second-order valence-corrected chi connectivity index (χ2v) is 6.22. The van der Waals surface area contributed by atoms with Gasteiger partial charge in [0.25, 0.3) is 5.91 Å². The molecular weight excluding hydrogens is 347 g/mol. The van der Waals surface area contributed by atoms with E-state index in [1.807, 2.05) is 6.92 Å². The smallest absolute Gasteiger partial charge is 0.286 e. The number of ether oxygens (including phenoxy) is 1. The van der Waals surface area contributed by atoms with Gasteiger partial charge in [-0.25, -0.2) is 4.39 Å². The number of amides is 2. The maximum absolute atomic E-state index is 12.8. The maximum atomic E-state index is 12.8. The van der Waals surface area contributed by atoms with Crippen LogP contribution in [0.5, 0.6) is 0 Å². The van der Waals surface area contributed by atoms with Crippen molar-refractivity contribution in [2.24, 2.45) is 0 Å². The summed E-state index contributed by atoms with van der Waals surface area (Å²) in [4.78, 5) is 23.5. The van der Waals surface area contributed by atoms with E-state index in [4.69, 9.17) is 4.74 Å². The van der Waals surface area contributed by atoms with Gasteiger partial charge in [0.2, 0.25) is 10.9 Å². The molecule has 0 spiro atoms. The summed E-state index contributed by atoms with van der Waals surface area (Å²) in [6.07, 6.45) is 1.93. The Bertz CT molecular complexity index is 706. The van der Waals surface area contributed by atoms with Crippen LogP contribution in [0.1, 0.15) is 34.6 Å². The zero-order valence-corrected chi connectivity index (χ0v) is 14.6. The van der Waals surface area contributed by atoms with Crippen LogP contribution in [0.25, 0.3) is 0 Å². The van der Waals surface area contributed by atoms with Crippen molar-refractivity contribution in [1.82, 2.24) is 15.5 Å². The van der Waals surface area contributed by atoms with Crippen molar-refractivity contribution in [2.75, 3.05) is 18.5 Å². The number of hydrogen-bond acceptors (Lipinski definition) is 6. The van der Waals surface area contributed by atoms with Crippen LogP contribution in [0.2, 0.25) is 0 Å². The second-order valence-electron chi connectivity index (χ2n) is 5.16. The lowest BCUT2D eigenvalue weighted by Crippen LogP contribution is -2.28. The first kappa shape index (κ1) is 18.9. The van der Waals surface area contributed by atoms with Gasteiger partial charge < -0.3 is 15.4 Å². The summed E-state index contributed by atoms with van der Waals surface area (Å²) < 4.78 is 18.1. The summed E-state index contributed by atoms with van der Waals surface area (Å²) in [5, 5.41) is 13.6. The third kappa shape index (κ3) is 6.55. The van der Waals surface area contributed by atoms with Gasteiger partial charge in [-0.1, -0.05) is 24.7 Å². The normalized spacial score (nSPS) is 10.5. The molecule has 9 heteroatoms. The van der Waals surface area contributed by atoms with Gasteiger partial charge in [-0.3, -0.25) is 9.59 Å². The van der Waals surface area contributed by atoms with Crippen LogP contribution in [0.4, 0.5) is 10.1 Å². The number of carbonyl (C=O) groups excluding carboxylic acids is 2. The van der Waals surface area contributed by atoms with Crippen LogP contribution in [0.3, 0.4) is 0 Å². The van der Waals surface area contributed by atoms with Crippen molar-refractivity contribution >= 4 is 28.8 Å². The number of halogens is 1. The molecule has 0 aliphatic heterocycles. The number of nitrogens with one attached hydrogen (secondary N) is 2. The minimum atomic E-state index is -0.437. The molecule has 7 nitrogen and oxygen atoms in total. The summed E-state index contributed by atoms with van der Waals surface area (Å²) in [5.74, 6) is -1.01. The van der Waals surface area contributed by atoms with Crippen LogP contribution in [-0.4, -0.2) is 35.2 Å². The molecular formula is C16H19FN4O3S. The third-order valence-electron chi connectivity index (χ3n) is 3.07. The number of carbonyl (C=O) groups is 2. The van der Waals surface area contributed by atoms with Gasteiger partial charge in [0.1, 0.15) is 24.0 Å². The molecule has 134 valence electrons. The first-order valence-corrected chi connectivity index (χ1v) is 8.64. The molecule has 0 bridgehead atoms. The fourth-order valence-electron chi connectivity index (χ4n) is 1.81. The Morgan fingerprint density at radius 2 is 2.00 bits per heavy atom. The molecule has 0 aliphatic rings. The highest BCUT2D eigenvalue weighted by Crippen LogP contribution is 2.14. The van der Waals surface area contributed by atoms with Crippen LogP contribution in [0, 0.1) is 5.82 Å². The minimum absolute atomic E-state index is 0.0690. The molecule has 1 aromatic carbocycles. The zero-order chi connectivity index (χ0) is 18.1. The van der Waals surface area contributed by atoms with Gasteiger partial charge in [0, 0.05) is 12.2 Å². The number of hydrogen-bond donors (Lipinski definition) is 2. The summed E-state index contributed by atoms with van der Waals surface area (Å²) >= 11 is 1.07. The highest BCUT2D eigenvalue weighted by atomic mass is 32.1. The SMILES string of the molecule is CCCCNC(=O)COCc1nnc(C(=O)Nc2ccc(F)cc2)s1. The summed E-state index contributed by atoms with van der Waals surface area (Å²) in [5.41, 5.74) is 0.461. The Kier molecular flexibility index (Phi) is 7.42. The largest absolute Gasteiger partial charge is 0.364 e. The quantitative estimate of drug-likeness (QED) is 0.665. The molecule has 0 aliphatic carbocycles. The van der Waals surface area contributed by atoms with Crippen molar-refractivity contribution in [3.8, 4) is 0 Å². The third-order valence-corrected chi connectivity index (χ3v) is 3.97. The zero-order valence-electron chi connectivity index (χ0n) is 13.8. The lowest BCUT2D eigenvalue weighted by atomic mass is 10.3. The first-order valence-electron chi connectivity index (χ1n) is 7.82. The maximum Gasteiger partial charge on any atom is 0.286 e. The number of unbranched alkanes of at least 4 members (excludes halogenated alkanes) is 1. The van der Waals surface area contributed by atoms with E-state index in [-0.39, 0.29) is 29.9 Å². The summed E-state index contributed by atoms with van der Waals surface area (Å²) in [7, 11) is 0. The summed E-state index contributed by atoms with van der Waals surface area (Å²) in [6, 6.07) is 5.41. The average molecular weight is 366 g/mol. The molecule has 25 heavy (non-hydrogen) atoms.